The Morgan fingerprint density at radius 1 is 1.27 bits per heavy atom. The SMILES string of the molecule is COC1CNc2ccc(F)c(F)c2NC1. The first kappa shape index (κ1) is 10.2. The van der Waals surface area contributed by atoms with E-state index >= 15 is 0 Å². The number of hydrogen-bond donors (Lipinski definition) is 2. The number of hydrogen-bond acceptors (Lipinski definition) is 3. The van der Waals surface area contributed by atoms with E-state index in [2.05, 4.69) is 10.6 Å². The smallest absolute Gasteiger partial charge is 0.183 e. The minimum absolute atomic E-state index is 0.0557. The van der Waals surface area contributed by atoms with E-state index in [9.17, 15) is 8.78 Å². The van der Waals surface area contributed by atoms with Crippen molar-refractivity contribution in [3.8, 4) is 0 Å². The van der Waals surface area contributed by atoms with Gasteiger partial charge in [-0.05, 0) is 12.1 Å². The fraction of sp³-hybridized carbons (Fsp3) is 0.400. The third-order valence-corrected chi connectivity index (χ3v) is 2.45. The van der Waals surface area contributed by atoms with Crippen LogP contribution < -0.4 is 10.6 Å². The fourth-order valence-corrected chi connectivity index (χ4v) is 1.55. The van der Waals surface area contributed by atoms with Crippen molar-refractivity contribution < 1.29 is 13.5 Å². The number of rotatable bonds is 1. The lowest BCUT2D eigenvalue weighted by Gasteiger charge is -2.11. The van der Waals surface area contributed by atoms with E-state index in [1.54, 1.807) is 7.11 Å². The van der Waals surface area contributed by atoms with E-state index in [1.807, 2.05) is 0 Å². The molecule has 0 saturated heterocycles. The first-order valence-electron chi connectivity index (χ1n) is 4.71. The Labute approximate surface area is 86.4 Å². The summed E-state index contributed by atoms with van der Waals surface area (Å²) in [7, 11) is 1.58. The summed E-state index contributed by atoms with van der Waals surface area (Å²) in [6.45, 7) is 1.03. The van der Waals surface area contributed by atoms with Crippen molar-refractivity contribution in [2.45, 2.75) is 6.10 Å². The Balaban J connectivity index is 2.31. The molecule has 1 unspecified atom stereocenters. The molecule has 2 N–H and O–H groups in total. The average Bonchev–Trinajstić information content (AvgIpc) is 2.46. The van der Waals surface area contributed by atoms with Gasteiger partial charge in [-0.2, -0.15) is 0 Å². The molecule has 0 amide bonds. The molecule has 1 atom stereocenters. The van der Waals surface area contributed by atoms with Gasteiger partial charge in [-0.25, -0.2) is 8.78 Å². The van der Waals surface area contributed by atoms with E-state index in [-0.39, 0.29) is 11.8 Å². The van der Waals surface area contributed by atoms with Crippen LogP contribution in [0.4, 0.5) is 20.2 Å². The number of nitrogens with one attached hydrogen (secondary N) is 2. The molecule has 0 radical (unpaired) electrons. The van der Waals surface area contributed by atoms with E-state index in [4.69, 9.17) is 4.74 Å². The van der Waals surface area contributed by atoms with Gasteiger partial charge in [-0.15, -0.1) is 0 Å². The molecule has 0 saturated carbocycles. The predicted molar refractivity (Wildman–Crippen MR) is 54.1 cm³/mol. The highest BCUT2D eigenvalue weighted by molar-refractivity contribution is 5.70. The van der Waals surface area contributed by atoms with Crippen LogP contribution in [0.1, 0.15) is 0 Å². The molecule has 0 spiro atoms. The van der Waals surface area contributed by atoms with E-state index in [1.165, 1.54) is 6.07 Å². The lowest BCUT2D eigenvalue weighted by Crippen LogP contribution is -2.26. The molecule has 1 aromatic rings. The summed E-state index contributed by atoms with van der Waals surface area (Å²) in [5.41, 5.74) is 0.739. The van der Waals surface area contributed by atoms with Gasteiger partial charge in [0.1, 0.15) is 0 Å². The van der Waals surface area contributed by atoms with Crippen molar-refractivity contribution in [2.24, 2.45) is 0 Å². The van der Waals surface area contributed by atoms with Crippen LogP contribution in [0.5, 0.6) is 0 Å². The number of ether oxygens (including phenoxy) is 1. The number of benzene rings is 1. The third kappa shape index (κ3) is 1.87. The maximum Gasteiger partial charge on any atom is 0.183 e. The minimum atomic E-state index is -0.850. The molecule has 0 fully saturated rings. The van der Waals surface area contributed by atoms with Gasteiger partial charge in [-0.1, -0.05) is 0 Å². The van der Waals surface area contributed by atoms with Gasteiger partial charge < -0.3 is 15.4 Å². The molecular formula is C10H12F2N2O. The lowest BCUT2D eigenvalue weighted by molar-refractivity contribution is 0.124. The fourth-order valence-electron chi connectivity index (χ4n) is 1.55. The highest BCUT2D eigenvalue weighted by Crippen LogP contribution is 2.28. The summed E-state index contributed by atoms with van der Waals surface area (Å²) in [6, 6.07) is 2.62. The lowest BCUT2D eigenvalue weighted by atomic mass is 10.2. The summed E-state index contributed by atoms with van der Waals surface area (Å²) in [6.07, 6.45) is -0.0557. The van der Waals surface area contributed by atoms with Crippen molar-refractivity contribution in [1.29, 1.82) is 0 Å². The van der Waals surface area contributed by atoms with E-state index in [0.717, 1.165) is 6.07 Å². The molecule has 1 heterocycles. The molecule has 2 rings (SSSR count). The second kappa shape index (κ2) is 4.02. The topological polar surface area (TPSA) is 33.3 Å². The molecule has 82 valence electrons. The maximum absolute atomic E-state index is 13.4. The Kier molecular flexibility index (Phi) is 2.73. The van der Waals surface area contributed by atoms with Crippen LogP contribution in [-0.2, 0) is 4.74 Å². The highest BCUT2D eigenvalue weighted by atomic mass is 19.2. The largest absolute Gasteiger partial charge is 0.381 e. The van der Waals surface area contributed by atoms with Crippen LogP contribution in [0, 0.1) is 11.6 Å². The van der Waals surface area contributed by atoms with Crippen LogP contribution >= 0.6 is 0 Å². The van der Waals surface area contributed by atoms with Crippen LogP contribution in [0.2, 0.25) is 0 Å². The van der Waals surface area contributed by atoms with Gasteiger partial charge in [0.05, 0.1) is 17.5 Å². The molecule has 1 aliphatic rings. The molecule has 0 aromatic heterocycles. The molecule has 0 bridgehead atoms. The Morgan fingerprint density at radius 3 is 2.73 bits per heavy atom. The van der Waals surface area contributed by atoms with Crippen LogP contribution in [0.3, 0.4) is 0 Å². The quantitative estimate of drug-likeness (QED) is 0.748. The molecular weight excluding hydrogens is 202 g/mol. The summed E-state index contributed by atoms with van der Waals surface area (Å²) >= 11 is 0. The van der Waals surface area contributed by atoms with Gasteiger partial charge in [0.2, 0.25) is 0 Å². The Bertz CT molecular complexity index is 371. The summed E-state index contributed by atoms with van der Waals surface area (Å²) in [5.74, 6) is -1.70. The van der Waals surface area contributed by atoms with Crippen LogP contribution in [0.25, 0.3) is 0 Å². The average molecular weight is 214 g/mol. The normalized spacial score (nSPS) is 19.8. The minimum Gasteiger partial charge on any atom is -0.381 e. The summed E-state index contributed by atoms with van der Waals surface area (Å²) < 4.78 is 31.5. The Morgan fingerprint density at radius 2 is 2.00 bits per heavy atom. The van der Waals surface area contributed by atoms with E-state index in [0.29, 0.717) is 18.8 Å². The second-order valence-corrected chi connectivity index (χ2v) is 3.40. The van der Waals surface area contributed by atoms with Gasteiger partial charge in [0.15, 0.2) is 11.6 Å². The third-order valence-electron chi connectivity index (χ3n) is 2.45. The molecule has 15 heavy (non-hydrogen) atoms. The molecule has 5 heteroatoms. The molecule has 1 aromatic carbocycles. The Hall–Kier alpha value is -1.36. The van der Waals surface area contributed by atoms with Crippen molar-refractivity contribution in [3.63, 3.8) is 0 Å². The molecule has 1 aliphatic heterocycles. The first-order chi connectivity index (χ1) is 7.22. The number of halogens is 2. The van der Waals surface area contributed by atoms with Gasteiger partial charge in [-0.3, -0.25) is 0 Å². The van der Waals surface area contributed by atoms with Gasteiger partial charge in [0, 0.05) is 20.2 Å². The zero-order valence-electron chi connectivity index (χ0n) is 8.31. The number of anilines is 2. The zero-order chi connectivity index (χ0) is 10.8. The number of methoxy groups -OCH3 is 1. The van der Waals surface area contributed by atoms with Crippen LogP contribution in [0.15, 0.2) is 12.1 Å². The summed E-state index contributed by atoms with van der Waals surface area (Å²) in [5, 5.41) is 5.83. The van der Waals surface area contributed by atoms with Gasteiger partial charge in [0.25, 0.3) is 0 Å². The summed E-state index contributed by atoms with van der Waals surface area (Å²) in [4.78, 5) is 0. The van der Waals surface area contributed by atoms with Crippen LogP contribution in [-0.4, -0.2) is 26.3 Å². The standard InChI is InChI=1S/C10H12F2N2O/c1-15-6-4-13-8-3-2-7(11)9(12)10(8)14-5-6/h2-3,6,13-14H,4-5H2,1H3. The van der Waals surface area contributed by atoms with Crippen molar-refractivity contribution in [3.05, 3.63) is 23.8 Å². The second-order valence-electron chi connectivity index (χ2n) is 3.40. The first-order valence-corrected chi connectivity index (χ1v) is 4.71. The van der Waals surface area contributed by atoms with Gasteiger partial charge >= 0.3 is 0 Å². The van der Waals surface area contributed by atoms with Crippen molar-refractivity contribution in [1.82, 2.24) is 0 Å². The predicted octanol–water partition coefficient (Wildman–Crippen LogP) is 1.82. The van der Waals surface area contributed by atoms with Crippen molar-refractivity contribution >= 4 is 11.4 Å². The van der Waals surface area contributed by atoms with Crippen molar-refractivity contribution in [2.75, 3.05) is 30.8 Å². The number of fused-ring (bicyclic) bond motifs is 1. The molecule has 0 aliphatic carbocycles. The highest BCUT2D eigenvalue weighted by Gasteiger charge is 2.19. The molecule has 3 nitrogen and oxygen atoms in total. The maximum atomic E-state index is 13.4. The zero-order valence-corrected chi connectivity index (χ0v) is 8.31. The van der Waals surface area contributed by atoms with E-state index < -0.39 is 11.6 Å². The monoisotopic (exact) mass is 214 g/mol.